The number of benzene rings is 4. The van der Waals surface area contributed by atoms with Crippen LogP contribution < -0.4 is 14.2 Å². The van der Waals surface area contributed by atoms with E-state index in [1.807, 2.05) is 36.4 Å². The van der Waals surface area contributed by atoms with Crippen LogP contribution in [0, 0.1) is 45.3 Å². The second-order valence-corrected chi connectivity index (χ2v) is 8.15. The lowest BCUT2D eigenvalue weighted by Gasteiger charge is -2.19. The Morgan fingerprint density at radius 1 is 0.500 bits per heavy atom. The Morgan fingerprint density at radius 2 is 1.00 bits per heavy atom. The van der Waals surface area contributed by atoms with E-state index in [0.29, 0.717) is 11.1 Å². The van der Waals surface area contributed by atoms with Gasteiger partial charge in [0.2, 0.25) is 5.75 Å². The highest BCUT2D eigenvalue weighted by Crippen LogP contribution is 2.43. The number of nitrogens with zero attached hydrogens (tertiary/aromatic N) is 4. The van der Waals surface area contributed by atoms with E-state index in [2.05, 4.69) is 18.2 Å². The van der Waals surface area contributed by atoms with Crippen LogP contribution in [-0.2, 0) is 19.8 Å². The van der Waals surface area contributed by atoms with Gasteiger partial charge in [-0.2, -0.15) is 21.0 Å². The number of hydrogen-bond donors (Lipinski definition) is 0. The van der Waals surface area contributed by atoms with E-state index in [9.17, 15) is 10.5 Å². The van der Waals surface area contributed by atoms with E-state index in [4.69, 9.17) is 24.7 Å². The molecule has 0 atom stereocenters. The Kier molecular flexibility index (Phi) is 8.19. The Hall–Kier alpha value is -5.76. The molecule has 0 spiro atoms. The highest BCUT2D eigenvalue weighted by molar-refractivity contribution is 5.66. The van der Waals surface area contributed by atoms with Crippen molar-refractivity contribution in [2.75, 3.05) is 0 Å². The number of nitriles is 4. The average Bonchev–Trinajstić information content (AvgIpc) is 2.98. The summed E-state index contributed by atoms with van der Waals surface area (Å²) in [4.78, 5) is 0. The lowest BCUT2D eigenvalue weighted by atomic mass is 10.1. The minimum absolute atomic E-state index is 0.0370. The smallest absolute Gasteiger partial charge is 0.205 e. The van der Waals surface area contributed by atoms with Crippen LogP contribution in [0.25, 0.3) is 0 Å². The van der Waals surface area contributed by atoms with Crippen LogP contribution in [0.15, 0.2) is 84.9 Å². The molecule has 4 aromatic rings. The summed E-state index contributed by atoms with van der Waals surface area (Å²) in [5.41, 5.74) is 3.64. The molecule has 4 aromatic carbocycles. The maximum atomic E-state index is 9.91. The van der Waals surface area contributed by atoms with Crippen molar-refractivity contribution < 1.29 is 14.2 Å². The van der Waals surface area contributed by atoms with E-state index >= 15 is 0 Å². The molecule has 0 N–H and O–H groups in total. The fourth-order valence-electron chi connectivity index (χ4n) is 3.59. The molecule has 0 aliphatic heterocycles. The zero-order valence-corrected chi connectivity index (χ0v) is 20.2. The van der Waals surface area contributed by atoms with Gasteiger partial charge in [0.25, 0.3) is 0 Å². The van der Waals surface area contributed by atoms with Gasteiger partial charge in [-0.3, -0.25) is 0 Å². The Labute approximate surface area is 220 Å². The first-order valence-electron chi connectivity index (χ1n) is 11.6. The Bertz CT molecular complexity index is 1590. The molecule has 38 heavy (non-hydrogen) atoms. The van der Waals surface area contributed by atoms with Crippen molar-refractivity contribution in [2.24, 2.45) is 0 Å². The van der Waals surface area contributed by atoms with Crippen molar-refractivity contribution in [1.29, 1.82) is 21.0 Å². The normalized spacial score (nSPS) is 9.79. The summed E-state index contributed by atoms with van der Waals surface area (Å²) in [7, 11) is 0. The topological polar surface area (TPSA) is 123 Å². The highest BCUT2D eigenvalue weighted by Gasteiger charge is 2.23. The first-order valence-corrected chi connectivity index (χ1v) is 11.6. The van der Waals surface area contributed by atoms with E-state index in [1.165, 1.54) is 6.07 Å². The third-order valence-corrected chi connectivity index (χ3v) is 5.60. The summed E-state index contributed by atoms with van der Waals surface area (Å²) >= 11 is 0. The van der Waals surface area contributed by atoms with Crippen molar-refractivity contribution in [3.05, 3.63) is 124 Å². The lowest BCUT2D eigenvalue weighted by Crippen LogP contribution is -2.07. The van der Waals surface area contributed by atoms with E-state index < -0.39 is 0 Å². The molecule has 182 valence electrons. The maximum absolute atomic E-state index is 9.91. The summed E-state index contributed by atoms with van der Waals surface area (Å²) in [5.74, 6) is 0.545. The summed E-state index contributed by atoms with van der Waals surface area (Å²) < 4.78 is 18.3. The second-order valence-electron chi connectivity index (χ2n) is 8.15. The molecule has 0 aromatic heterocycles. The number of ether oxygens (including phenoxy) is 3. The van der Waals surface area contributed by atoms with E-state index in [1.54, 1.807) is 48.5 Å². The average molecular weight is 497 g/mol. The molecule has 0 aliphatic rings. The number of hydrogen-bond acceptors (Lipinski definition) is 7. The first kappa shape index (κ1) is 25.3. The summed E-state index contributed by atoms with van der Waals surface area (Å²) in [6.45, 7) is 0.392. The van der Waals surface area contributed by atoms with Crippen molar-refractivity contribution in [2.45, 2.75) is 19.8 Å². The quantitative estimate of drug-likeness (QED) is 0.282. The van der Waals surface area contributed by atoms with Crippen molar-refractivity contribution >= 4 is 0 Å². The SMILES string of the molecule is N#Cc1ccc(COc2cc(C#N)c(C#N)c(OCc3ccc(C#N)cc3)c2OCc2ccccc2)cc1. The minimum Gasteiger partial charge on any atom is -0.485 e. The molecule has 0 saturated carbocycles. The fourth-order valence-corrected chi connectivity index (χ4v) is 3.59. The van der Waals surface area contributed by atoms with Crippen LogP contribution in [0.1, 0.15) is 38.9 Å². The lowest BCUT2D eigenvalue weighted by molar-refractivity contribution is 0.229. The van der Waals surface area contributed by atoms with Crippen molar-refractivity contribution in [3.8, 4) is 41.5 Å². The van der Waals surface area contributed by atoms with Gasteiger partial charge in [0.15, 0.2) is 11.5 Å². The van der Waals surface area contributed by atoms with Gasteiger partial charge in [-0.1, -0.05) is 54.6 Å². The molecule has 0 aliphatic carbocycles. The maximum Gasteiger partial charge on any atom is 0.205 e. The zero-order valence-electron chi connectivity index (χ0n) is 20.2. The summed E-state index contributed by atoms with van der Waals surface area (Å²) in [6, 6.07) is 33.0. The first-order chi connectivity index (χ1) is 18.6. The van der Waals surface area contributed by atoms with Gasteiger partial charge >= 0.3 is 0 Å². The van der Waals surface area contributed by atoms with Crippen LogP contribution in [0.4, 0.5) is 0 Å². The predicted molar refractivity (Wildman–Crippen MR) is 138 cm³/mol. The Morgan fingerprint density at radius 3 is 1.50 bits per heavy atom. The third kappa shape index (κ3) is 6.07. The molecule has 0 saturated heterocycles. The largest absolute Gasteiger partial charge is 0.485 e. The molecule has 7 nitrogen and oxygen atoms in total. The van der Waals surface area contributed by atoms with Crippen LogP contribution in [0.3, 0.4) is 0 Å². The molecule has 7 heteroatoms. The molecule has 0 bridgehead atoms. The molecule has 0 unspecified atom stereocenters. The zero-order chi connectivity index (χ0) is 26.7. The monoisotopic (exact) mass is 496 g/mol. The van der Waals surface area contributed by atoms with Crippen LogP contribution in [0.2, 0.25) is 0 Å². The standard InChI is InChI=1S/C31H20N4O3/c32-15-22-6-10-25(11-7-22)19-36-29-14-27(17-34)28(18-35)30(31(29)38-20-24-4-2-1-3-5-24)37-21-26-12-8-23(16-33)9-13-26/h1-14H,19-21H2. The van der Waals surface area contributed by atoms with Gasteiger partial charge < -0.3 is 14.2 Å². The van der Waals surface area contributed by atoms with Gasteiger partial charge in [-0.15, -0.1) is 0 Å². The predicted octanol–water partition coefficient (Wildman–Crippen LogP) is 5.91. The minimum atomic E-state index is 0.0370. The van der Waals surface area contributed by atoms with Gasteiger partial charge in [-0.25, -0.2) is 0 Å². The van der Waals surface area contributed by atoms with Crippen LogP contribution >= 0.6 is 0 Å². The Balaban J connectivity index is 1.71. The van der Waals surface area contributed by atoms with Gasteiger partial charge in [0, 0.05) is 6.07 Å². The molecule has 0 radical (unpaired) electrons. The highest BCUT2D eigenvalue weighted by atomic mass is 16.5. The second kappa shape index (κ2) is 12.3. The van der Waals surface area contributed by atoms with Crippen LogP contribution in [-0.4, -0.2) is 0 Å². The van der Waals surface area contributed by atoms with E-state index in [0.717, 1.165) is 16.7 Å². The van der Waals surface area contributed by atoms with Gasteiger partial charge in [0.1, 0.15) is 37.5 Å². The van der Waals surface area contributed by atoms with Gasteiger partial charge in [0.05, 0.1) is 28.8 Å². The molecule has 0 heterocycles. The number of rotatable bonds is 9. The fraction of sp³-hybridized carbons (Fsp3) is 0.0968. The van der Waals surface area contributed by atoms with Gasteiger partial charge in [-0.05, 0) is 41.0 Å². The van der Waals surface area contributed by atoms with Crippen LogP contribution in [0.5, 0.6) is 17.2 Å². The van der Waals surface area contributed by atoms with E-state index in [-0.39, 0.29) is 48.2 Å². The molecular weight excluding hydrogens is 476 g/mol. The third-order valence-electron chi connectivity index (χ3n) is 5.60. The summed E-state index contributed by atoms with van der Waals surface area (Å²) in [5, 5.41) is 37.8. The van der Waals surface area contributed by atoms with Crippen molar-refractivity contribution in [1.82, 2.24) is 0 Å². The molecule has 4 rings (SSSR count). The molecular formula is C31H20N4O3. The van der Waals surface area contributed by atoms with Crippen molar-refractivity contribution in [3.63, 3.8) is 0 Å². The molecule has 0 amide bonds. The molecule has 0 fully saturated rings. The summed E-state index contributed by atoms with van der Waals surface area (Å²) in [6.07, 6.45) is 0.